The molecule has 0 atom stereocenters. The first-order chi connectivity index (χ1) is 21.2. The Hall–Kier alpha value is -5.25. The number of ketones is 1. The molecule has 222 valence electrons. The number of amides is 1. The third-order valence-electron chi connectivity index (χ3n) is 8.73. The van der Waals surface area contributed by atoms with Gasteiger partial charge in [-0.1, -0.05) is 6.07 Å². The molecule has 1 fully saturated rings. The minimum atomic E-state index is -0.609. The number of esters is 1. The van der Waals surface area contributed by atoms with Crippen molar-refractivity contribution >= 4 is 28.6 Å². The van der Waals surface area contributed by atoms with E-state index in [1.54, 1.807) is 27.7 Å². The Morgan fingerprint density at radius 2 is 1.70 bits per heavy atom. The van der Waals surface area contributed by atoms with Crippen LogP contribution in [0.25, 0.3) is 27.7 Å². The normalized spacial score (nSPS) is 15.7. The van der Waals surface area contributed by atoms with Crippen molar-refractivity contribution in [1.82, 2.24) is 24.5 Å². The number of piperidine rings is 1. The van der Waals surface area contributed by atoms with Crippen LogP contribution in [0.5, 0.6) is 5.75 Å². The first-order valence-electron chi connectivity index (χ1n) is 14.6. The molecule has 3 aromatic carbocycles. The van der Waals surface area contributed by atoms with Crippen LogP contribution in [-0.4, -0.2) is 67.9 Å². The Kier molecular flexibility index (Phi) is 6.57. The summed E-state index contributed by atoms with van der Waals surface area (Å²) in [5.41, 5.74) is 5.37. The lowest BCUT2D eigenvalue weighted by atomic mass is 9.82. The summed E-state index contributed by atoms with van der Waals surface area (Å²) in [6.07, 6.45) is 5.15. The maximum atomic E-state index is 13.6. The summed E-state index contributed by atoms with van der Waals surface area (Å²) in [6, 6.07) is 18.4. The molecule has 10 heteroatoms. The van der Waals surface area contributed by atoms with Crippen LogP contribution in [0.4, 0.5) is 0 Å². The van der Waals surface area contributed by atoms with Crippen molar-refractivity contribution in [3.05, 3.63) is 95.4 Å². The van der Waals surface area contributed by atoms with E-state index in [1.165, 1.54) is 7.11 Å². The number of hydrogen-bond donors (Lipinski definition) is 0. The average Bonchev–Trinajstić information content (AvgIpc) is 3.63. The van der Waals surface area contributed by atoms with Crippen LogP contribution in [0, 0.1) is 6.92 Å². The Morgan fingerprint density at radius 1 is 0.955 bits per heavy atom. The number of carbonyl (C=O) groups excluding carboxylic acids is 3. The van der Waals surface area contributed by atoms with Crippen LogP contribution < -0.4 is 4.74 Å². The number of carbonyl (C=O) groups is 3. The van der Waals surface area contributed by atoms with E-state index in [9.17, 15) is 14.4 Å². The number of rotatable bonds is 4. The molecule has 2 aliphatic rings. The average molecular weight is 590 g/mol. The lowest BCUT2D eigenvalue weighted by Gasteiger charge is -2.44. The summed E-state index contributed by atoms with van der Waals surface area (Å²) in [4.78, 5) is 40.6. The number of fused-ring (bicyclic) bond motifs is 2. The summed E-state index contributed by atoms with van der Waals surface area (Å²) < 4.78 is 14.8. The van der Waals surface area contributed by atoms with Gasteiger partial charge in [-0.3, -0.25) is 14.3 Å². The zero-order valence-electron chi connectivity index (χ0n) is 24.7. The monoisotopic (exact) mass is 589 g/mol. The fourth-order valence-electron chi connectivity index (χ4n) is 6.28. The van der Waals surface area contributed by atoms with E-state index in [2.05, 4.69) is 5.10 Å². The first kappa shape index (κ1) is 27.6. The second-order valence-corrected chi connectivity index (χ2v) is 11.6. The molecule has 0 bridgehead atoms. The summed E-state index contributed by atoms with van der Waals surface area (Å²) in [6.45, 7) is 2.91. The van der Waals surface area contributed by atoms with Gasteiger partial charge in [0, 0.05) is 55.7 Å². The number of Topliss-reactive ketones (excluding diaryl/α,β-unsaturated/α-hetero) is 1. The molecular formula is C34H31N5O5. The smallest absolute Gasteiger partial charge is 0.337 e. The van der Waals surface area contributed by atoms with Gasteiger partial charge >= 0.3 is 5.97 Å². The molecular weight excluding hydrogens is 558 g/mol. The number of nitrogens with zero attached hydrogens (tertiary/aromatic N) is 5. The molecule has 1 spiro atoms. The number of benzene rings is 3. The van der Waals surface area contributed by atoms with E-state index >= 15 is 0 Å². The second kappa shape index (κ2) is 10.5. The summed E-state index contributed by atoms with van der Waals surface area (Å²) in [5.74, 6) is 0.216. The molecule has 1 amide bonds. The largest absolute Gasteiger partial charge is 0.486 e. The zero-order chi connectivity index (χ0) is 30.6. The third-order valence-corrected chi connectivity index (χ3v) is 8.73. The lowest BCUT2D eigenvalue weighted by Crippen LogP contribution is -2.52. The minimum absolute atomic E-state index is 0.0556. The zero-order valence-corrected chi connectivity index (χ0v) is 24.7. The fourth-order valence-corrected chi connectivity index (χ4v) is 6.28. The molecule has 1 saturated heterocycles. The van der Waals surface area contributed by atoms with Crippen molar-refractivity contribution in [3.8, 4) is 22.6 Å². The van der Waals surface area contributed by atoms with Crippen LogP contribution >= 0.6 is 0 Å². The summed E-state index contributed by atoms with van der Waals surface area (Å²) in [5, 5.41) is 9.81. The number of likely N-dealkylation sites (tertiary alicyclic amines) is 1. The molecule has 7 rings (SSSR count). The van der Waals surface area contributed by atoms with Crippen LogP contribution in [0.2, 0.25) is 0 Å². The first-order valence-corrected chi connectivity index (χ1v) is 14.6. The van der Waals surface area contributed by atoms with E-state index < -0.39 is 11.6 Å². The molecule has 5 aromatic rings. The van der Waals surface area contributed by atoms with E-state index in [0.717, 1.165) is 33.4 Å². The molecule has 0 saturated carbocycles. The Balaban J connectivity index is 1.06. The van der Waals surface area contributed by atoms with Gasteiger partial charge < -0.3 is 14.4 Å². The van der Waals surface area contributed by atoms with Crippen molar-refractivity contribution in [2.45, 2.75) is 31.8 Å². The molecule has 0 N–H and O–H groups in total. The van der Waals surface area contributed by atoms with Gasteiger partial charge in [0.2, 0.25) is 0 Å². The molecule has 10 nitrogen and oxygen atoms in total. The highest BCUT2D eigenvalue weighted by Gasteiger charge is 2.44. The highest BCUT2D eigenvalue weighted by molar-refractivity contribution is 6.02. The SMILES string of the molecule is COC(=O)c1ccc(-n2nc(C)c3cc(C(=O)N4CCC5(CC4)CC(=O)c4cc(-c6cnn(C)c6)ccc4O5)ccc32)cc1. The maximum absolute atomic E-state index is 13.6. The number of ether oxygens (including phenoxy) is 2. The van der Waals surface area contributed by atoms with Crippen LogP contribution in [0.3, 0.4) is 0 Å². The van der Waals surface area contributed by atoms with Gasteiger partial charge in [-0.2, -0.15) is 10.2 Å². The molecule has 0 unspecified atom stereocenters. The number of methoxy groups -OCH3 is 1. The lowest BCUT2D eigenvalue weighted by molar-refractivity contribution is -0.00570. The van der Waals surface area contributed by atoms with E-state index in [0.29, 0.717) is 54.8 Å². The van der Waals surface area contributed by atoms with Crippen molar-refractivity contribution in [2.24, 2.45) is 7.05 Å². The number of aryl methyl sites for hydroxylation is 2. The van der Waals surface area contributed by atoms with Gasteiger partial charge in [0.1, 0.15) is 11.4 Å². The Bertz CT molecular complexity index is 1950. The van der Waals surface area contributed by atoms with Gasteiger partial charge in [-0.05, 0) is 67.1 Å². The van der Waals surface area contributed by atoms with Crippen LogP contribution in [-0.2, 0) is 11.8 Å². The van der Waals surface area contributed by atoms with Gasteiger partial charge in [0.25, 0.3) is 5.91 Å². The molecule has 0 aliphatic carbocycles. The topological polar surface area (TPSA) is 109 Å². The second-order valence-electron chi connectivity index (χ2n) is 11.6. The third kappa shape index (κ3) is 4.72. The number of aromatic nitrogens is 4. The highest BCUT2D eigenvalue weighted by atomic mass is 16.5. The molecule has 2 aromatic heterocycles. The minimum Gasteiger partial charge on any atom is -0.486 e. The molecule has 2 aliphatic heterocycles. The maximum Gasteiger partial charge on any atom is 0.337 e. The van der Waals surface area contributed by atoms with Crippen LogP contribution in [0.15, 0.2) is 73.1 Å². The fraction of sp³-hybridized carbons (Fsp3) is 0.265. The van der Waals surface area contributed by atoms with E-state index in [4.69, 9.17) is 14.6 Å². The quantitative estimate of drug-likeness (QED) is 0.267. The van der Waals surface area contributed by atoms with Gasteiger partial charge in [-0.25, -0.2) is 9.48 Å². The predicted octanol–water partition coefficient (Wildman–Crippen LogP) is 5.16. The highest BCUT2D eigenvalue weighted by Crippen LogP contribution is 2.41. The van der Waals surface area contributed by atoms with Crippen LogP contribution in [0.1, 0.15) is 56.0 Å². The molecule has 4 heterocycles. The standard InChI is InChI=1S/C34H31N5O5/c1-21-27-17-24(6-10-29(27)39(36-21)26-8-4-22(5-9-26)33(42)43-3)32(41)38-14-12-34(13-15-38)18-30(40)28-16-23(7-11-31(28)44-34)25-19-35-37(2)20-25/h4-11,16-17,19-20H,12-15,18H2,1-3H3. The van der Waals surface area contributed by atoms with Gasteiger partial charge in [0.15, 0.2) is 5.78 Å². The van der Waals surface area contributed by atoms with E-state index in [1.807, 2.05) is 73.6 Å². The summed E-state index contributed by atoms with van der Waals surface area (Å²) >= 11 is 0. The van der Waals surface area contributed by atoms with Crippen molar-refractivity contribution in [3.63, 3.8) is 0 Å². The Morgan fingerprint density at radius 3 is 2.41 bits per heavy atom. The van der Waals surface area contributed by atoms with Gasteiger partial charge in [0.05, 0.1) is 47.8 Å². The summed E-state index contributed by atoms with van der Waals surface area (Å²) in [7, 11) is 3.21. The van der Waals surface area contributed by atoms with Crippen molar-refractivity contribution < 1.29 is 23.9 Å². The van der Waals surface area contributed by atoms with E-state index in [-0.39, 0.29) is 11.7 Å². The van der Waals surface area contributed by atoms with Gasteiger partial charge in [-0.15, -0.1) is 0 Å². The van der Waals surface area contributed by atoms with Crippen molar-refractivity contribution in [2.75, 3.05) is 20.2 Å². The Labute approximate surface area is 253 Å². The molecule has 0 radical (unpaired) electrons. The predicted molar refractivity (Wildman–Crippen MR) is 163 cm³/mol. The number of hydrogen-bond acceptors (Lipinski definition) is 7. The van der Waals surface area contributed by atoms with Crippen molar-refractivity contribution in [1.29, 1.82) is 0 Å². The molecule has 44 heavy (non-hydrogen) atoms.